The van der Waals surface area contributed by atoms with E-state index in [1.54, 1.807) is 19.9 Å². The Morgan fingerprint density at radius 3 is 2.38 bits per heavy atom. The van der Waals surface area contributed by atoms with Crippen molar-refractivity contribution in [2.24, 2.45) is 5.73 Å². The number of hydrogen-bond donors (Lipinski definition) is 1. The predicted molar refractivity (Wildman–Crippen MR) is 51.7 cm³/mol. The molecule has 0 bridgehead atoms. The van der Waals surface area contributed by atoms with E-state index in [0.29, 0.717) is 19.4 Å². The van der Waals surface area contributed by atoms with Crippen molar-refractivity contribution in [3.8, 4) is 6.07 Å². The summed E-state index contributed by atoms with van der Waals surface area (Å²) in [5.41, 5.74) is 5.26. The lowest BCUT2D eigenvalue weighted by Gasteiger charge is -2.14. The van der Waals surface area contributed by atoms with Crippen molar-refractivity contribution in [3.63, 3.8) is 0 Å². The van der Waals surface area contributed by atoms with Crippen LogP contribution in [0, 0.1) is 11.3 Å². The quantitative estimate of drug-likeness (QED) is 0.704. The lowest BCUT2D eigenvalue weighted by molar-refractivity contribution is 0.569. The smallest absolute Gasteiger partial charge is 0.169 e. The molecule has 0 aromatic carbocycles. The second-order valence-electron chi connectivity index (χ2n) is 3.00. The summed E-state index contributed by atoms with van der Waals surface area (Å²) in [5.74, 6) is 0. The summed E-state index contributed by atoms with van der Waals surface area (Å²) >= 11 is 0. The molecule has 0 aliphatic rings. The van der Waals surface area contributed by atoms with Crippen LogP contribution in [-0.2, 0) is 9.84 Å². The van der Waals surface area contributed by atoms with Gasteiger partial charge >= 0.3 is 0 Å². The Labute approximate surface area is 79.7 Å². The topological polar surface area (TPSA) is 84.0 Å². The monoisotopic (exact) mass is 204 g/mol. The second-order valence-corrected chi connectivity index (χ2v) is 5.55. The van der Waals surface area contributed by atoms with E-state index in [4.69, 9.17) is 11.0 Å². The molecule has 0 aliphatic heterocycles. The Balaban J connectivity index is 4.66. The van der Waals surface area contributed by atoms with Gasteiger partial charge in [-0.15, -0.1) is 0 Å². The number of nitriles is 1. The molecule has 2 N–H and O–H groups in total. The normalized spacial score (nSPS) is 16.2. The summed E-state index contributed by atoms with van der Waals surface area (Å²) in [4.78, 5) is 0. The minimum absolute atomic E-state index is 0.336. The van der Waals surface area contributed by atoms with E-state index in [0.717, 1.165) is 0 Å². The van der Waals surface area contributed by atoms with Crippen LogP contribution in [0.15, 0.2) is 0 Å². The number of sulfone groups is 1. The molecule has 0 aromatic heterocycles. The Bertz CT molecular complexity index is 279. The number of nitrogens with two attached hydrogens (primary N) is 1. The van der Waals surface area contributed by atoms with E-state index in [-0.39, 0.29) is 0 Å². The van der Waals surface area contributed by atoms with E-state index in [2.05, 4.69) is 0 Å². The largest absolute Gasteiger partial charge is 0.330 e. The molecule has 4 nitrogen and oxygen atoms in total. The van der Waals surface area contributed by atoms with Gasteiger partial charge in [0.25, 0.3) is 0 Å². The van der Waals surface area contributed by atoms with Gasteiger partial charge in [0, 0.05) is 0 Å². The summed E-state index contributed by atoms with van der Waals surface area (Å²) in [7, 11) is -3.30. The fourth-order valence-corrected chi connectivity index (χ4v) is 2.71. The van der Waals surface area contributed by atoms with Gasteiger partial charge in [0.2, 0.25) is 0 Å². The lowest BCUT2D eigenvalue weighted by atomic mass is 10.3. The Kier molecular flexibility index (Phi) is 4.96. The predicted octanol–water partition coefficient (Wildman–Crippen LogP) is 0.441. The third-order valence-electron chi connectivity index (χ3n) is 2.05. The Morgan fingerprint density at radius 1 is 1.54 bits per heavy atom. The maximum Gasteiger partial charge on any atom is 0.169 e. The third kappa shape index (κ3) is 2.98. The molecule has 0 aliphatic carbocycles. The first kappa shape index (κ1) is 12.4. The fraction of sp³-hybridized carbons (Fsp3) is 0.875. The highest BCUT2D eigenvalue weighted by atomic mass is 32.2. The van der Waals surface area contributed by atoms with Crippen LogP contribution >= 0.6 is 0 Å². The van der Waals surface area contributed by atoms with Crippen LogP contribution in [0.3, 0.4) is 0 Å². The highest BCUT2D eigenvalue weighted by molar-refractivity contribution is 7.92. The van der Waals surface area contributed by atoms with Crippen LogP contribution in [0.2, 0.25) is 0 Å². The lowest BCUT2D eigenvalue weighted by Crippen LogP contribution is -2.30. The Morgan fingerprint density at radius 2 is 2.08 bits per heavy atom. The number of rotatable bonds is 5. The molecule has 13 heavy (non-hydrogen) atoms. The van der Waals surface area contributed by atoms with Crippen molar-refractivity contribution < 1.29 is 8.42 Å². The molecule has 5 heteroatoms. The molecule has 76 valence electrons. The standard InChI is InChI=1S/C8H16N2O2S/c1-3-8(6-10)13(11,12)7(2)4-5-9/h7-8H,3-5,9H2,1-2H3. The van der Waals surface area contributed by atoms with E-state index < -0.39 is 20.3 Å². The van der Waals surface area contributed by atoms with Crippen LogP contribution in [-0.4, -0.2) is 25.5 Å². The van der Waals surface area contributed by atoms with Gasteiger partial charge in [0.05, 0.1) is 11.3 Å². The summed E-state index contributed by atoms with van der Waals surface area (Å²) in [6, 6.07) is 1.80. The number of hydrogen-bond acceptors (Lipinski definition) is 4. The van der Waals surface area contributed by atoms with Crippen molar-refractivity contribution in [1.82, 2.24) is 0 Å². The molecular formula is C8H16N2O2S. The molecular weight excluding hydrogens is 188 g/mol. The first-order valence-electron chi connectivity index (χ1n) is 4.33. The zero-order valence-electron chi connectivity index (χ0n) is 8.03. The molecule has 0 saturated carbocycles. The zero-order chi connectivity index (χ0) is 10.5. The van der Waals surface area contributed by atoms with Crippen LogP contribution < -0.4 is 5.73 Å². The maximum atomic E-state index is 11.6. The molecule has 0 amide bonds. The molecule has 0 fully saturated rings. The molecule has 2 unspecified atom stereocenters. The van der Waals surface area contributed by atoms with Crippen LogP contribution in [0.1, 0.15) is 26.7 Å². The van der Waals surface area contributed by atoms with Crippen LogP contribution in [0.4, 0.5) is 0 Å². The molecule has 0 heterocycles. The zero-order valence-corrected chi connectivity index (χ0v) is 8.84. The third-order valence-corrected chi connectivity index (χ3v) is 4.63. The average Bonchev–Trinajstić information content (AvgIpc) is 2.06. The Hall–Kier alpha value is -0.600. The van der Waals surface area contributed by atoms with E-state index in [9.17, 15) is 8.42 Å². The molecule has 0 saturated heterocycles. The van der Waals surface area contributed by atoms with Gasteiger partial charge in [-0.1, -0.05) is 6.92 Å². The van der Waals surface area contributed by atoms with Crippen molar-refractivity contribution in [1.29, 1.82) is 5.26 Å². The number of nitrogens with zero attached hydrogens (tertiary/aromatic N) is 1. The van der Waals surface area contributed by atoms with Gasteiger partial charge in [-0.2, -0.15) is 5.26 Å². The molecule has 0 spiro atoms. The maximum absolute atomic E-state index is 11.6. The van der Waals surface area contributed by atoms with Gasteiger partial charge in [-0.05, 0) is 26.3 Å². The van der Waals surface area contributed by atoms with Crippen LogP contribution in [0.5, 0.6) is 0 Å². The first-order valence-corrected chi connectivity index (χ1v) is 5.94. The second kappa shape index (κ2) is 5.20. The summed E-state index contributed by atoms with van der Waals surface area (Å²) in [5, 5.41) is 7.23. The van der Waals surface area contributed by atoms with E-state index >= 15 is 0 Å². The van der Waals surface area contributed by atoms with E-state index in [1.165, 1.54) is 0 Å². The summed E-state index contributed by atoms with van der Waals surface area (Å²) in [6.45, 7) is 3.63. The minimum atomic E-state index is -3.30. The van der Waals surface area contributed by atoms with Crippen molar-refractivity contribution in [2.75, 3.05) is 6.54 Å². The first-order chi connectivity index (χ1) is 6.00. The molecule has 2 atom stereocenters. The summed E-state index contributed by atoms with van der Waals surface area (Å²) < 4.78 is 23.2. The highest BCUT2D eigenvalue weighted by Gasteiger charge is 2.29. The fourth-order valence-electron chi connectivity index (χ4n) is 1.08. The van der Waals surface area contributed by atoms with Crippen molar-refractivity contribution >= 4 is 9.84 Å². The van der Waals surface area contributed by atoms with Gasteiger partial charge < -0.3 is 5.73 Å². The average molecular weight is 204 g/mol. The summed E-state index contributed by atoms with van der Waals surface area (Å²) in [6.07, 6.45) is 0.758. The molecule has 0 aromatic rings. The van der Waals surface area contributed by atoms with Crippen molar-refractivity contribution in [2.45, 2.75) is 37.2 Å². The minimum Gasteiger partial charge on any atom is -0.330 e. The van der Waals surface area contributed by atoms with E-state index in [1.807, 2.05) is 0 Å². The molecule has 0 radical (unpaired) electrons. The van der Waals surface area contributed by atoms with Crippen LogP contribution in [0.25, 0.3) is 0 Å². The van der Waals surface area contributed by atoms with Crippen molar-refractivity contribution in [3.05, 3.63) is 0 Å². The highest BCUT2D eigenvalue weighted by Crippen LogP contribution is 2.14. The van der Waals surface area contributed by atoms with Gasteiger partial charge in [0.1, 0.15) is 5.25 Å². The van der Waals surface area contributed by atoms with Gasteiger partial charge in [-0.25, -0.2) is 8.42 Å². The van der Waals surface area contributed by atoms with Gasteiger partial charge in [-0.3, -0.25) is 0 Å². The molecule has 0 rings (SSSR count). The SMILES string of the molecule is CCC(C#N)S(=O)(=O)C(C)CCN. The van der Waals surface area contributed by atoms with Gasteiger partial charge in [0.15, 0.2) is 9.84 Å².